The second-order valence-electron chi connectivity index (χ2n) is 6.82. The molecule has 0 heterocycles. The second-order valence-corrected chi connectivity index (χ2v) is 11.2. The average Bonchev–Trinajstić information content (AvgIpc) is 2.52. The van der Waals surface area contributed by atoms with Gasteiger partial charge in [-0.15, -0.1) is 35.7 Å². The maximum absolute atomic E-state index is 12.2. The van der Waals surface area contributed by atoms with Gasteiger partial charge in [0, 0.05) is 23.2 Å². The van der Waals surface area contributed by atoms with Crippen molar-refractivity contribution in [3.8, 4) is 0 Å². The van der Waals surface area contributed by atoms with Gasteiger partial charge in [-0.2, -0.15) is 0 Å². The van der Waals surface area contributed by atoms with Crippen LogP contribution in [0.5, 0.6) is 0 Å². The van der Waals surface area contributed by atoms with Crippen LogP contribution in [-0.4, -0.2) is 49.8 Å². The number of sulfone groups is 1. The highest BCUT2D eigenvalue weighted by molar-refractivity contribution is 14.0. The number of nitrogens with one attached hydrogen (secondary N) is 2. The van der Waals surface area contributed by atoms with E-state index in [9.17, 15) is 8.42 Å². The molecular weight excluding hydrogens is 481 g/mol. The highest BCUT2D eigenvalue weighted by Crippen LogP contribution is 2.22. The summed E-state index contributed by atoms with van der Waals surface area (Å²) in [4.78, 5) is 5.79. The van der Waals surface area contributed by atoms with Crippen molar-refractivity contribution >= 4 is 51.5 Å². The van der Waals surface area contributed by atoms with Gasteiger partial charge in [0.1, 0.15) is 0 Å². The monoisotopic (exact) mass is 513 g/mol. The molecule has 0 aliphatic carbocycles. The number of rotatable bonds is 8. The second kappa shape index (κ2) is 12.1. The third kappa shape index (κ3) is 9.45. The molecule has 0 aliphatic heterocycles. The maximum atomic E-state index is 12.2. The number of halogens is 1. The molecule has 0 radical (unpaired) electrons. The summed E-state index contributed by atoms with van der Waals surface area (Å²) >= 11 is 1.78. The third-order valence-corrected chi connectivity index (χ3v) is 7.23. The smallest absolute Gasteiger partial charge is 0.191 e. The van der Waals surface area contributed by atoms with Crippen LogP contribution >= 0.6 is 35.7 Å². The van der Waals surface area contributed by atoms with Gasteiger partial charge in [0.05, 0.1) is 17.0 Å². The van der Waals surface area contributed by atoms with Crippen molar-refractivity contribution in [3.63, 3.8) is 0 Å². The molecule has 5 nitrogen and oxygen atoms in total. The molecule has 1 unspecified atom stereocenters. The molecule has 0 spiro atoms. The van der Waals surface area contributed by atoms with Gasteiger partial charge in [0.25, 0.3) is 0 Å². The van der Waals surface area contributed by atoms with E-state index in [2.05, 4.69) is 34.7 Å². The summed E-state index contributed by atoms with van der Waals surface area (Å²) in [6, 6.07) is 10.2. The van der Waals surface area contributed by atoms with Crippen LogP contribution in [0.15, 0.2) is 40.2 Å². The molecule has 26 heavy (non-hydrogen) atoms. The van der Waals surface area contributed by atoms with Crippen molar-refractivity contribution in [2.75, 3.05) is 25.4 Å². The maximum Gasteiger partial charge on any atom is 0.191 e. The minimum Gasteiger partial charge on any atom is -0.357 e. The Hall–Kier alpha value is -0.480. The molecule has 0 saturated carbocycles. The highest BCUT2D eigenvalue weighted by Gasteiger charge is 2.28. The van der Waals surface area contributed by atoms with Gasteiger partial charge in [-0.05, 0) is 39.8 Å². The summed E-state index contributed by atoms with van der Waals surface area (Å²) in [5.74, 6) is 0.752. The van der Waals surface area contributed by atoms with Gasteiger partial charge in [0.15, 0.2) is 15.8 Å². The Bertz CT molecular complexity index is 644. The molecule has 1 rings (SSSR count). The van der Waals surface area contributed by atoms with Gasteiger partial charge >= 0.3 is 0 Å². The first-order valence-electron chi connectivity index (χ1n) is 8.62. The van der Waals surface area contributed by atoms with Crippen LogP contribution in [-0.2, 0) is 9.84 Å². The van der Waals surface area contributed by atoms with Crippen LogP contribution in [0, 0.1) is 0 Å². The molecule has 0 amide bonds. The van der Waals surface area contributed by atoms with Crippen LogP contribution in [0.3, 0.4) is 0 Å². The van der Waals surface area contributed by atoms with Crippen molar-refractivity contribution in [1.82, 2.24) is 10.6 Å². The van der Waals surface area contributed by atoms with Gasteiger partial charge in [-0.1, -0.05) is 25.1 Å². The molecule has 0 fully saturated rings. The summed E-state index contributed by atoms with van der Waals surface area (Å²) in [5, 5.41) is 6.61. The van der Waals surface area contributed by atoms with Crippen molar-refractivity contribution in [2.45, 2.75) is 49.5 Å². The Morgan fingerprint density at radius 2 is 1.81 bits per heavy atom. The topological polar surface area (TPSA) is 70.6 Å². The zero-order valence-corrected chi connectivity index (χ0v) is 20.2. The quantitative estimate of drug-likeness (QED) is 0.241. The number of aliphatic imine (C=N–C) groups is 1. The summed E-state index contributed by atoms with van der Waals surface area (Å²) in [7, 11) is -3.13. The zero-order valence-electron chi connectivity index (χ0n) is 16.3. The summed E-state index contributed by atoms with van der Waals surface area (Å²) in [6.45, 7) is 11.0. The van der Waals surface area contributed by atoms with Gasteiger partial charge < -0.3 is 10.6 Å². The Morgan fingerprint density at radius 1 is 1.19 bits per heavy atom. The fourth-order valence-electron chi connectivity index (χ4n) is 1.94. The van der Waals surface area contributed by atoms with E-state index in [1.165, 1.54) is 4.90 Å². The predicted octanol–water partition coefficient (Wildman–Crippen LogP) is 3.55. The van der Waals surface area contributed by atoms with Crippen molar-refractivity contribution in [1.29, 1.82) is 0 Å². The van der Waals surface area contributed by atoms with Gasteiger partial charge in [-0.3, -0.25) is 4.99 Å². The van der Waals surface area contributed by atoms with Gasteiger partial charge in [-0.25, -0.2) is 8.42 Å². The lowest BCUT2D eigenvalue weighted by molar-refractivity contribution is 0.559. The van der Waals surface area contributed by atoms with Crippen molar-refractivity contribution < 1.29 is 8.42 Å². The number of thioether (sulfide) groups is 1. The largest absolute Gasteiger partial charge is 0.357 e. The Balaban J connectivity index is 0.00000625. The number of hydrogen-bond acceptors (Lipinski definition) is 4. The fraction of sp³-hybridized carbons (Fsp3) is 0.611. The van der Waals surface area contributed by atoms with E-state index in [4.69, 9.17) is 0 Å². The van der Waals surface area contributed by atoms with E-state index in [0.717, 1.165) is 6.54 Å². The predicted molar refractivity (Wildman–Crippen MR) is 125 cm³/mol. The molecule has 1 aromatic carbocycles. The minimum atomic E-state index is -3.13. The van der Waals surface area contributed by atoms with Crippen LogP contribution in [0.1, 0.15) is 34.6 Å². The molecule has 0 aromatic heterocycles. The lowest BCUT2D eigenvalue weighted by Crippen LogP contribution is -2.42. The van der Waals surface area contributed by atoms with E-state index in [-0.39, 0.29) is 29.7 Å². The first-order chi connectivity index (χ1) is 11.7. The number of benzene rings is 1. The molecule has 8 heteroatoms. The zero-order chi connectivity index (χ0) is 18.9. The number of guanidine groups is 1. The summed E-state index contributed by atoms with van der Waals surface area (Å²) < 4.78 is 23.6. The average molecular weight is 514 g/mol. The molecule has 2 N–H and O–H groups in total. The lowest BCUT2D eigenvalue weighted by Gasteiger charge is -2.20. The lowest BCUT2D eigenvalue weighted by atomic mass is 10.3. The van der Waals surface area contributed by atoms with Crippen molar-refractivity contribution in [2.24, 2.45) is 4.99 Å². The van der Waals surface area contributed by atoms with Crippen LogP contribution in [0.2, 0.25) is 0 Å². The fourth-order valence-corrected chi connectivity index (χ4v) is 3.85. The van der Waals surface area contributed by atoms with E-state index >= 15 is 0 Å². The van der Waals surface area contributed by atoms with Crippen molar-refractivity contribution in [3.05, 3.63) is 30.3 Å². The normalized spacial score (nSPS) is 13.7. The molecule has 150 valence electrons. The Labute approximate surface area is 180 Å². The molecule has 1 aromatic rings. The van der Waals surface area contributed by atoms with Crippen LogP contribution in [0.4, 0.5) is 0 Å². The van der Waals surface area contributed by atoms with E-state index < -0.39 is 14.6 Å². The van der Waals surface area contributed by atoms with Crippen LogP contribution in [0.25, 0.3) is 0 Å². The molecular formula is C18H32IN3O2S2. The number of nitrogens with zero attached hydrogens (tertiary/aromatic N) is 1. The summed E-state index contributed by atoms with van der Waals surface area (Å²) in [5.41, 5.74) is 0. The number of hydrogen-bond donors (Lipinski definition) is 2. The Kier molecular flexibility index (Phi) is 11.8. The molecule has 0 aliphatic rings. The highest BCUT2D eigenvalue weighted by atomic mass is 127. The Morgan fingerprint density at radius 3 is 2.35 bits per heavy atom. The van der Waals surface area contributed by atoms with E-state index in [0.29, 0.717) is 24.3 Å². The molecule has 0 saturated heterocycles. The molecule has 0 bridgehead atoms. The summed E-state index contributed by atoms with van der Waals surface area (Å²) in [6.07, 6.45) is 0. The third-order valence-electron chi connectivity index (χ3n) is 3.53. The van der Waals surface area contributed by atoms with E-state index in [1.807, 2.05) is 25.1 Å². The standard InChI is InChI=1S/C18H31N3O2S2.HI/c1-6-19-17(20-12-13-25(22,23)18(3,4)5)21-14-15(2)24-16-10-8-7-9-11-16;/h7-11,15H,6,12-14H2,1-5H3,(H2,19,20,21);1H. The first kappa shape index (κ1) is 25.5. The first-order valence-corrected chi connectivity index (χ1v) is 11.1. The SMILES string of the molecule is CCNC(=NCC(C)Sc1ccccc1)NCCS(=O)(=O)C(C)(C)C.I. The van der Waals surface area contributed by atoms with Crippen LogP contribution < -0.4 is 10.6 Å². The minimum absolute atomic E-state index is 0. The van der Waals surface area contributed by atoms with Gasteiger partial charge in [0.2, 0.25) is 0 Å². The van der Waals surface area contributed by atoms with E-state index in [1.54, 1.807) is 32.5 Å². The molecule has 1 atom stereocenters.